The number of anilines is 2. The largest absolute Gasteiger partial charge is 0.465 e. The number of hydrogen-bond donors (Lipinski definition) is 5. The molecular weight excluding hydrogens is 552 g/mol. The number of nitrogens with one attached hydrogen (secondary N) is 3. The molecule has 1 aliphatic rings. The molecule has 8 nitrogen and oxygen atoms in total. The third-order valence-electron chi connectivity index (χ3n) is 8.21. The van der Waals surface area contributed by atoms with Gasteiger partial charge in [-0.25, -0.2) is 4.79 Å². The molecule has 6 N–H and O–H groups in total. The number of hydrogen-bond acceptors (Lipinski definition) is 5. The van der Waals surface area contributed by atoms with E-state index in [4.69, 9.17) is 10.5 Å². The van der Waals surface area contributed by atoms with E-state index in [2.05, 4.69) is 22.0 Å². The van der Waals surface area contributed by atoms with Gasteiger partial charge in [-0.1, -0.05) is 97.1 Å². The van der Waals surface area contributed by atoms with Gasteiger partial charge in [0, 0.05) is 29.9 Å². The highest BCUT2D eigenvalue weighted by Crippen LogP contribution is 2.30. The molecule has 44 heavy (non-hydrogen) atoms. The van der Waals surface area contributed by atoms with Gasteiger partial charge < -0.3 is 31.5 Å². The first-order valence-corrected chi connectivity index (χ1v) is 15.1. The van der Waals surface area contributed by atoms with Crippen molar-refractivity contribution in [1.82, 2.24) is 10.6 Å². The van der Waals surface area contributed by atoms with Gasteiger partial charge in [0.2, 0.25) is 5.91 Å². The lowest BCUT2D eigenvalue weighted by Crippen LogP contribution is -2.47. The summed E-state index contributed by atoms with van der Waals surface area (Å²) < 4.78 is 6.21. The van der Waals surface area contributed by atoms with E-state index in [1.807, 2.05) is 103 Å². The Balaban J connectivity index is 1.22. The molecule has 1 fully saturated rings. The molecule has 5 rings (SSSR count). The van der Waals surface area contributed by atoms with Crippen LogP contribution in [0.5, 0.6) is 0 Å². The van der Waals surface area contributed by atoms with Crippen molar-refractivity contribution < 1.29 is 19.4 Å². The zero-order valence-corrected chi connectivity index (χ0v) is 24.7. The Morgan fingerprint density at radius 2 is 1.41 bits per heavy atom. The van der Waals surface area contributed by atoms with Crippen molar-refractivity contribution in [3.8, 4) is 0 Å². The van der Waals surface area contributed by atoms with Gasteiger partial charge in [0.05, 0.1) is 12.7 Å². The van der Waals surface area contributed by atoms with Crippen molar-refractivity contribution >= 4 is 23.4 Å². The average Bonchev–Trinajstić information content (AvgIpc) is 3.05. The second-order valence-corrected chi connectivity index (χ2v) is 11.2. The lowest BCUT2D eigenvalue weighted by molar-refractivity contribution is -0.118. The molecule has 0 saturated carbocycles. The summed E-state index contributed by atoms with van der Waals surface area (Å²) in [6.07, 6.45) is 2.13. The van der Waals surface area contributed by atoms with Crippen LogP contribution in [0.1, 0.15) is 41.0 Å². The number of morpholine rings is 1. The van der Waals surface area contributed by atoms with E-state index in [1.54, 1.807) is 0 Å². The molecule has 3 atom stereocenters. The normalized spacial score (nSPS) is 17.1. The third kappa shape index (κ3) is 8.24. The Labute approximate surface area is 258 Å². The second kappa shape index (κ2) is 15.2. The van der Waals surface area contributed by atoms with Crippen LogP contribution in [0.2, 0.25) is 0 Å². The fraction of sp³-hybridized carbons (Fsp3) is 0.278. The average molecular weight is 593 g/mol. The number of rotatable bonds is 12. The van der Waals surface area contributed by atoms with Crippen LogP contribution in [-0.4, -0.2) is 48.4 Å². The van der Waals surface area contributed by atoms with Crippen LogP contribution in [0, 0.1) is 0 Å². The molecule has 1 heterocycles. The van der Waals surface area contributed by atoms with Crippen LogP contribution in [0.25, 0.3) is 0 Å². The van der Waals surface area contributed by atoms with Crippen molar-refractivity contribution in [2.75, 3.05) is 24.2 Å². The number of nitrogen functional groups attached to an aromatic ring is 1. The Kier molecular flexibility index (Phi) is 10.6. The second-order valence-electron chi connectivity index (χ2n) is 11.2. The molecule has 4 aromatic carbocycles. The summed E-state index contributed by atoms with van der Waals surface area (Å²) in [4.78, 5) is 25.7. The van der Waals surface area contributed by atoms with Gasteiger partial charge in [-0.05, 0) is 60.1 Å². The van der Waals surface area contributed by atoms with Crippen molar-refractivity contribution in [2.24, 2.45) is 0 Å². The molecule has 0 aromatic heterocycles. The van der Waals surface area contributed by atoms with Crippen LogP contribution in [-0.2, 0) is 22.4 Å². The predicted octanol–water partition coefficient (Wildman–Crippen LogP) is 5.60. The molecule has 1 saturated heterocycles. The minimum atomic E-state index is -1.26. The van der Waals surface area contributed by atoms with Crippen LogP contribution >= 0.6 is 0 Å². The maximum Gasteiger partial charge on any atom is 0.405 e. The zero-order valence-electron chi connectivity index (χ0n) is 24.7. The van der Waals surface area contributed by atoms with E-state index in [-0.39, 0.29) is 12.1 Å². The molecule has 228 valence electrons. The van der Waals surface area contributed by atoms with Crippen LogP contribution in [0.4, 0.5) is 16.2 Å². The highest BCUT2D eigenvalue weighted by atomic mass is 16.5. The number of ether oxygens (including phenoxy) is 1. The standard InChI is InChI=1S/C36H40N4O4/c37-31-17-9-7-11-25(31)19-21-29-24-44-30(23-38-29)22-20-26-12-8-10-18-32(26)39-35(41)34(40-36(42)43)33(27-13-3-1-4-14-27)28-15-5-2-6-16-28/h1-18,29-30,33-34,38,40H,19-24,37H2,(H,39,41)(H,42,43)/t29-,30-,34+/m1/s1. The minimum absolute atomic E-state index is 0.0544. The molecule has 0 aliphatic carbocycles. The topological polar surface area (TPSA) is 126 Å². The Morgan fingerprint density at radius 3 is 2.02 bits per heavy atom. The fourth-order valence-electron chi connectivity index (χ4n) is 5.85. The molecule has 4 aromatic rings. The van der Waals surface area contributed by atoms with Gasteiger partial charge in [0.15, 0.2) is 0 Å². The first kappa shape index (κ1) is 30.8. The number of amides is 2. The first-order valence-electron chi connectivity index (χ1n) is 15.1. The molecule has 8 heteroatoms. The highest BCUT2D eigenvalue weighted by Gasteiger charge is 2.33. The van der Waals surface area contributed by atoms with Crippen molar-refractivity contribution in [2.45, 2.75) is 49.8 Å². The minimum Gasteiger partial charge on any atom is -0.465 e. The van der Waals surface area contributed by atoms with Gasteiger partial charge in [-0.2, -0.15) is 0 Å². The summed E-state index contributed by atoms with van der Waals surface area (Å²) in [7, 11) is 0. The summed E-state index contributed by atoms with van der Waals surface area (Å²) in [5.74, 6) is -0.941. The van der Waals surface area contributed by atoms with Gasteiger partial charge in [-0.3, -0.25) is 4.79 Å². The predicted molar refractivity (Wildman–Crippen MR) is 174 cm³/mol. The summed E-state index contributed by atoms with van der Waals surface area (Å²) in [5.41, 5.74) is 11.4. The Morgan fingerprint density at radius 1 is 0.818 bits per heavy atom. The Hall–Kier alpha value is -4.66. The van der Waals surface area contributed by atoms with E-state index in [0.717, 1.165) is 53.7 Å². The van der Waals surface area contributed by atoms with Crippen molar-refractivity contribution in [3.05, 3.63) is 131 Å². The van der Waals surface area contributed by atoms with E-state index in [1.165, 1.54) is 0 Å². The van der Waals surface area contributed by atoms with Crippen molar-refractivity contribution in [3.63, 3.8) is 0 Å². The van der Waals surface area contributed by atoms with Gasteiger partial charge in [-0.15, -0.1) is 0 Å². The molecule has 0 bridgehead atoms. The summed E-state index contributed by atoms with van der Waals surface area (Å²) in [5, 5.41) is 18.9. The van der Waals surface area contributed by atoms with Crippen LogP contribution in [0.3, 0.4) is 0 Å². The Bertz CT molecular complexity index is 1470. The summed E-state index contributed by atoms with van der Waals surface area (Å²) in [6.45, 7) is 1.39. The molecule has 0 radical (unpaired) electrons. The van der Waals surface area contributed by atoms with E-state index in [9.17, 15) is 14.7 Å². The smallest absolute Gasteiger partial charge is 0.405 e. The lowest BCUT2D eigenvalue weighted by atomic mass is 9.84. The van der Waals surface area contributed by atoms with E-state index in [0.29, 0.717) is 18.7 Å². The first-order chi connectivity index (χ1) is 21.5. The maximum atomic E-state index is 13.8. The van der Waals surface area contributed by atoms with Crippen LogP contribution < -0.4 is 21.7 Å². The number of para-hydroxylation sites is 2. The van der Waals surface area contributed by atoms with Gasteiger partial charge >= 0.3 is 6.09 Å². The monoisotopic (exact) mass is 592 g/mol. The molecule has 2 amide bonds. The van der Waals surface area contributed by atoms with Crippen molar-refractivity contribution in [1.29, 1.82) is 0 Å². The lowest BCUT2D eigenvalue weighted by Gasteiger charge is -2.31. The fourth-order valence-corrected chi connectivity index (χ4v) is 5.85. The number of carboxylic acid groups (broad SMARTS) is 1. The van der Waals surface area contributed by atoms with E-state index >= 15 is 0 Å². The van der Waals surface area contributed by atoms with Crippen LogP contribution in [0.15, 0.2) is 109 Å². The van der Waals surface area contributed by atoms with Gasteiger partial charge in [0.1, 0.15) is 6.04 Å². The number of carbonyl (C=O) groups excluding carboxylic acids is 1. The molecule has 0 unspecified atom stereocenters. The zero-order chi connectivity index (χ0) is 30.7. The maximum absolute atomic E-state index is 13.8. The molecule has 1 aliphatic heterocycles. The third-order valence-corrected chi connectivity index (χ3v) is 8.21. The van der Waals surface area contributed by atoms with E-state index < -0.39 is 24.0 Å². The number of nitrogens with two attached hydrogens (primary N) is 1. The molecule has 0 spiro atoms. The highest BCUT2D eigenvalue weighted by molar-refractivity contribution is 5.98. The molecular formula is C36H40N4O4. The quantitative estimate of drug-likeness (QED) is 0.136. The summed E-state index contributed by atoms with van der Waals surface area (Å²) >= 11 is 0. The SMILES string of the molecule is Nc1ccccc1CC[C@@H]1CO[C@H](CCc2ccccc2NC(=O)[C@@H](NC(=O)O)C(c2ccccc2)c2ccccc2)CN1. The number of carbonyl (C=O) groups is 2. The van der Waals surface area contributed by atoms with Gasteiger partial charge in [0.25, 0.3) is 0 Å². The number of benzene rings is 4. The summed E-state index contributed by atoms with van der Waals surface area (Å²) in [6, 6.07) is 33.8. The number of aryl methyl sites for hydroxylation is 2.